The van der Waals surface area contributed by atoms with E-state index in [0.29, 0.717) is 0 Å². The largest absolute Gasteiger partial charge is 0.377 e. The summed E-state index contributed by atoms with van der Waals surface area (Å²) in [4.78, 5) is 12.9. The number of aromatic nitrogens is 3. The standard InChI is InChI=1S/C14H20N4O/c1-3-5-11(19-4-2)10-18-14-13-12(6-7-17-14)15-8-9-16-13/h6-9,11H,3-5,10H2,1-2H3,(H,17,18). The van der Waals surface area contributed by atoms with Crippen molar-refractivity contribution >= 4 is 16.9 Å². The Morgan fingerprint density at radius 2 is 2.00 bits per heavy atom. The molecule has 0 spiro atoms. The van der Waals surface area contributed by atoms with E-state index < -0.39 is 0 Å². The highest BCUT2D eigenvalue weighted by molar-refractivity contribution is 5.84. The van der Waals surface area contributed by atoms with E-state index in [9.17, 15) is 0 Å². The molecule has 5 nitrogen and oxygen atoms in total. The normalized spacial score (nSPS) is 12.5. The van der Waals surface area contributed by atoms with Crippen LogP contribution in [0.4, 0.5) is 5.82 Å². The van der Waals surface area contributed by atoms with Crippen LogP contribution in [0.15, 0.2) is 24.7 Å². The van der Waals surface area contributed by atoms with Crippen LogP contribution >= 0.6 is 0 Å². The average molecular weight is 260 g/mol. The fourth-order valence-electron chi connectivity index (χ4n) is 2.04. The van der Waals surface area contributed by atoms with Crippen LogP contribution in [0.3, 0.4) is 0 Å². The number of rotatable bonds is 7. The number of nitrogens with one attached hydrogen (secondary N) is 1. The molecule has 0 aliphatic rings. The summed E-state index contributed by atoms with van der Waals surface area (Å²) in [6, 6.07) is 1.86. The summed E-state index contributed by atoms with van der Waals surface area (Å²) >= 11 is 0. The second-order valence-electron chi connectivity index (χ2n) is 4.33. The van der Waals surface area contributed by atoms with E-state index >= 15 is 0 Å². The fraction of sp³-hybridized carbons (Fsp3) is 0.500. The lowest BCUT2D eigenvalue weighted by Gasteiger charge is -2.17. The Kier molecular flexibility index (Phi) is 5.03. The van der Waals surface area contributed by atoms with Gasteiger partial charge in [-0.3, -0.25) is 4.98 Å². The number of hydrogen-bond donors (Lipinski definition) is 1. The van der Waals surface area contributed by atoms with Crippen LogP contribution < -0.4 is 5.32 Å². The van der Waals surface area contributed by atoms with Gasteiger partial charge in [-0.2, -0.15) is 0 Å². The van der Waals surface area contributed by atoms with Crippen LogP contribution in [0.25, 0.3) is 11.0 Å². The predicted molar refractivity (Wildman–Crippen MR) is 76.1 cm³/mol. The molecule has 1 unspecified atom stereocenters. The third-order valence-corrected chi connectivity index (χ3v) is 2.90. The first-order valence-corrected chi connectivity index (χ1v) is 6.76. The smallest absolute Gasteiger partial charge is 0.154 e. The van der Waals surface area contributed by atoms with Gasteiger partial charge < -0.3 is 10.1 Å². The van der Waals surface area contributed by atoms with Gasteiger partial charge in [0, 0.05) is 31.7 Å². The van der Waals surface area contributed by atoms with Crippen molar-refractivity contribution in [3.63, 3.8) is 0 Å². The van der Waals surface area contributed by atoms with Crippen molar-refractivity contribution < 1.29 is 4.74 Å². The van der Waals surface area contributed by atoms with E-state index in [-0.39, 0.29) is 6.10 Å². The first-order chi connectivity index (χ1) is 9.35. The summed E-state index contributed by atoms with van der Waals surface area (Å²) in [7, 11) is 0. The van der Waals surface area contributed by atoms with Crippen molar-refractivity contribution in [2.75, 3.05) is 18.5 Å². The highest BCUT2D eigenvalue weighted by atomic mass is 16.5. The lowest BCUT2D eigenvalue weighted by Crippen LogP contribution is -2.23. The van der Waals surface area contributed by atoms with Crippen molar-refractivity contribution in [3.8, 4) is 0 Å². The molecule has 0 radical (unpaired) electrons. The first kappa shape index (κ1) is 13.7. The Bertz CT molecular complexity index is 506. The van der Waals surface area contributed by atoms with E-state index in [4.69, 9.17) is 4.74 Å². The molecule has 0 amide bonds. The molecule has 2 aromatic rings. The molecule has 5 heteroatoms. The van der Waals surface area contributed by atoms with Crippen molar-refractivity contribution in [1.82, 2.24) is 15.0 Å². The van der Waals surface area contributed by atoms with Crippen molar-refractivity contribution in [1.29, 1.82) is 0 Å². The number of ether oxygens (including phenoxy) is 1. The molecular formula is C14H20N4O. The monoisotopic (exact) mass is 260 g/mol. The lowest BCUT2D eigenvalue weighted by atomic mass is 10.2. The Morgan fingerprint density at radius 1 is 1.16 bits per heavy atom. The summed E-state index contributed by atoms with van der Waals surface area (Å²) in [5.41, 5.74) is 1.65. The summed E-state index contributed by atoms with van der Waals surface area (Å²) in [5, 5.41) is 3.32. The predicted octanol–water partition coefficient (Wildman–Crippen LogP) is 2.64. The molecule has 0 bridgehead atoms. The average Bonchev–Trinajstić information content (AvgIpc) is 2.45. The van der Waals surface area contributed by atoms with E-state index in [1.807, 2.05) is 13.0 Å². The third-order valence-electron chi connectivity index (χ3n) is 2.90. The molecule has 0 fully saturated rings. The minimum atomic E-state index is 0.212. The van der Waals surface area contributed by atoms with E-state index in [1.165, 1.54) is 0 Å². The van der Waals surface area contributed by atoms with Gasteiger partial charge in [-0.05, 0) is 19.4 Å². The van der Waals surface area contributed by atoms with Gasteiger partial charge >= 0.3 is 0 Å². The van der Waals surface area contributed by atoms with Crippen LogP contribution in [-0.2, 0) is 4.74 Å². The van der Waals surface area contributed by atoms with Gasteiger partial charge in [-0.1, -0.05) is 13.3 Å². The van der Waals surface area contributed by atoms with Crippen molar-refractivity contribution in [2.45, 2.75) is 32.8 Å². The number of pyridine rings is 1. The molecule has 0 saturated heterocycles. The van der Waals surface area contributed by atoms with E-state index in [2.05, 4.69) is 27.2 Å². The van der Waals surface area contributed by atoms with Crippen LogP contribution in [-0.4, -0.2) is 34.2 Å². The van der Waals surface area contributed by atoms with Gasteiger partial charge in [0.05, 0.1) is 11.6 Å². The number of hydrogen-bond acceptors (Lipinski definition) is 5. The summed E-state index contributed by atoms with van der Waals surface area (Å²) in [6.45, 7) is 5.65. The quantitative estimate of drug-likeness (QED) is 0.829. The van der Waals surface area contributed by atoms with Crippen molar-refractivity contribution in [3.05, 3.63) is 24.7 Å². The van der Waals surface area contributed by atoms with Gasteiger partial charge in [-0.25, -0.2) is 9.97 Å². The Morgan fingerprint density at radius 3 is 2.79 bits per heavy atom. The minimum absolute atomic E-state index is 0.212. The fourth-order valence-corrected chi connectivity index (χ4v) is 2.04. The van der Waals surface area contributed by atoms with Crippen LogP contribution in [0.1, 0.15) is 26.7 Å². The summed E-state index contributed by atoms with van der Waals surface area (Å²) < 4.78 is 5.69. The first-order valence-electron chi connectivity index (χ1n) is 6.76. The molecule has 1 N–H and O–H groups in total. The topological polar surface area (TPSA) is 59.9 Å². The van der Waals surface area contributed by atoms with Crippen LogP contribution in [0, 0.1) is 0 Å². The zero-order chi connectivity index (χ0) is 13.5. The Balaban J connectivity index is 2.08. The number of anilines is 1. The lowest BCUT2D eigenvalue weighted by molar-refractivity contribution is 0.0654. The number of nitrogens with zero attached hydrogens (tertiary/aromatic N) is 3. The van der Waals surface area contributed by atoms with E-state index in [0.717, 1.165) is 42.8 Å². The molecule has 0 aliphatic heterocycles. The maximum Gasteiger partial charge on any atom is 0.154 e. The molecule has 0 aliphatic carbocycles. The molecule has 19 heavy (non-hydrogen) atoms. The zero-order valence-corrected chi connectivity index (χ0v) is 11.5. The molecular weight excluding hydrogens is 240 g/mol. The molecule has 2 rings (SSSR count). The number of fused-ring (bicyclic) bond motifs is 1. The maximum absolute atomic E-state index is 5.69. The Hall–Kier alpha value is -1.75. The van der Waals surface area contributed by atoms with Gasteiger partial charge in [0.25, 0.3) is 0 Å². The summed E-state index contributed by atoms with van der Waals surface area (Å²) in [5.74, 6) is 0.770. The van der Waals surface area contributed by atoms with Crippen molar-refractivity contribution in [2.24, 2.45) is 0 Å². The van der Waals surface area contributed by atoms with Gasteiger partial charge in [0.1, 0.15) is 5.52 Å². The molecule has 1 atom stereocenters. The molecule has 0 saturated carbocycles. The van der Waals surface area contributed by atoms with Crippen LogP contribution in [0.2, 0.25) is 0 Å². The SMILES string of the molecule is CCCC(CNc1nccc2nccnc12)OCC. The second kappa shape index (κ2) is 6.99. The van der Waals surface area contributed by atoms with Gasteiger partial charge in [0.15, 0.2) is 5.82 Å². The Labute approximate surface area is 113 Å². The molecule has 2 aromatic heterocycles. The van der Waals surface area contributed by atoms with Gasteiger partial charge in [-0.15, -0.1) is 0 Å². The van der Waals surface area contributed by atoms with Crippen LogP contribution in [0.5, 0.6) is 0 Å². The minimum Gasteiger partial charge on any atom is -0.377 e. The zero-order valence-electron chi connectivity index (χ0n) is 11.5. The van der Waals surface area contributed by atoms with E-state index in [1.54, 1.807) is 18.6 Å². The third kappa shape index (κ3) is 3.61. The summed E-state index contributed by atoms with van der Waals surface area (Å²) in [6.07, 6.45) is 7.47. The maximum atomic E-state index is 5.69. The molecule has 102 valence electrons. The second-order valence-corrected chi connectivity index (χ2v) is 4.33. The molecule has 0 aromatic carbocycles. The van der Waals surface area contributed by atoms with Gasteiger partial charge in [0.2, 0.25) is 0 Å². The molecule has 2 heterocycles. The highest BCUT2D eigenvalue weighted by Gasteiger charge is 2.09. The highest BCUT2D eigenvalue weighted by Crippen LogP contribution is 2.16.